The van der Waals surface area contributed by atoms with Gasteiger partial charge in [-0.3, -0.25) is 9.59 Å². The second kappa shape index (κ2) is 8.94. The van der Waals surface area contributed by atoms with Crippen molar-refractivity contribution in [1.82, 2.24) is 9.62 Å². The van der Waals surface area contributed by atoms with Gasteiger partial charge in [0, 0.05) is 23.7 Å². The maximum absolute atomic E-state index is 13.4. The van der Waals surface area contributed by atoms with Crippen LogP contribution >= 0.6 is 11.6 Å². The number of hydrogen-bond donors (Lipinski definition) is 2. The third-order valence-corrected chi connectivity index (χ3v) is 6.94. The number of halogens is 1. The largest absolute Gasteiger partial charge is 0.366 e. The predicted octanol–water partition coefficient (Wildman–Crippen LogP) is 2.30. The van der Waals surface area contributed by atoms with E-state index in [4.69, 9.17) is 17.3 Å². The van der Waals surface area contributed by atoms with Crippen LogP contribution in [0.5, 0.6) is 0 Å². The van der Waals surface area contributed by atoms with Gasteiger partial charge in [-0.25, -0.2) is 8.42 Å². The molecule has 1 aliphatic heterocycles. The summed E-state index contributed by atoms with van der Waals surface area (Å²) in [5.74, 6) is -0.933. The molecule has 3 rings (SSSR count). The standard InChI is InChI=1S/C20H22ClN3O4S/c21-16-7-9-17(10-8-16)29(27,28)24(18-6-1-2-11-23-20(18)26)13-14-4-3-5-15(12-14)19(22)25/h3-5,7-10,12,18H,1-2,6,11,13H2,(H2,22,25)(H,23,26). The fourth-order valence-electron chi connectivity index (χ4n) is 3.31. The van der Waals surface area contributed by atoms with Gasteiger partial charge in [0.15, 0.2) is 0 Å². The number of carbonyl (C=O) groups is 2. The Morgan fingerprint density at radius 3 is 2.59 bits per heavy atom. The third-order valence-electron chi connectivity index (χ3n) is 4.82. The molecule has 2 aromatic rings. The topological polar surface area (TPSA) is 110 Å². The second-order valence-electron chi connectivity index (χ2n) is 6.87. The van der Waals surface area contributed by atoms with Crippen LogP contribution < -0.4 is 11.1 Å². The summed E-state index contributed by atoms with van der Waals surface area (Å²) in [5, 5.41) is 3.20. The van der Waals surface area contributed by atoms with E-state index < -0.39 is 22.0 Å². The SMILES string of the molecule is NC(=O)c1cccc(CN(C2CCCCNC2=O)S(=O)(=O)c2ccc(Cl)cc2)c1. The zero-order chi connectivity index (χ0) is 21.0. The molecule has 7 nitrogen and oxygen atoms in total. The van der Waals surface area contributed by atoms with Crippen LogP contribution in [0.3, 0.4) is 0 Å². The summed E-state index contributed by atoms with van der Waals surface area (Å²) in [6.07, 6.45) is 1.92. The third kappa shape index (κ3) is 4.95. The molecule has 0 radical (unpaired) electrons. The quantitative estimate of drug-likeness (QED) is 0.725. The van der Waals surface area contributed by atoms with Crippen molar-refractivity contribution in [1.29, 1.82) is 0 Å². The van der Waals surface area contributed by atoms with Crippen LogP contribution in [0, 0.1) is 0 Å². The number of amides is 2. The van der Waals surface area contributed by atoms with Crippen LogP contribution in [0.1, 0.15) is 35.2 Å². The molecule has 9 heteroatoms. The van der Waals surface area contributed by atoms with E-state index >= 15 is 0 Å². The van der Waals surface area contributed by atoms with E-state index in [0.29, 0.717) is 23.6 Å². The zero-order valence-electron chi connectivity index (χ0n) is 15.7. The number of nitrogens with two attached hydrogens (primary N) is 1. The van der Waals surface area contributed by atoms with Gasteiger partial charge in [0.2, 0.25) is 21.8 Å². The fourth-order valence-corrected chi connectivity index (χ4v) is 5.04. The summed E-state index contributed by atoms with van der Waals surface area (Å²) in [6, 6.07) is 11.4. The molecule has 2 amide bonds. The molecule has 1 aliphatic rings. The first kappa shape index (κ1) is 21.3. The molecule has 0 saturated carbocycles. The Kier molecular flexibility index (Phi) is 6.56. The lowest BCUT2D eigenvalue weighted by atomic mass is 10.1. The van der Waals surface area contributed by atoms with E-state index in [-0.39, 0.29) is 22.9 Å². The van der Waals surface area contributed by atoms with E-state index in [1.165, 1.54) is 28.6 Å². The first-order chi connectivity index (χ1) is 13.8. The molecule has 1 atom stereocenters. The molecular formula is C20H22ClN3O4S. The van der Waals surface area contributed by atoms with E-state index in [0.717, 1.165) is 12.8 Å². The Hall–Kier alpha value is -2.42. The first-order valence-electron chi connectivity index (χ1n) is 9.23. The van der Waals surface area contributed by atoms with Crippen LogP contribution in [-0.4, -0.2) is 37.1 Å². The number of carbonyl (C=O) groups excluding carboxylic acids is 2. The zero-order valence-corrected chi connectivity index (χ0v) is 17.2. The lowest BCUT2D eigenvalue weighted by Crippen LogP contribution is -2.48. The molecule has 3 N–H and O–H groups in total. The molecule has 0 spiro atoms. The van der Waals surface area contributed by atoms with Crippen LogP contribution in [0.4, 0.5) is 0 Å². The van der Waals surface area contributed by atoms with Crippen LogP contribution in [0.25, 0.3) is 0 Å². The van der Waals surface area contributed by atoms with Crippen molar-refractivity contribution < 1.29 is 18.0 Å². The molecule has 1 saturated heterocycles. The molecule has 0 aliphatic carbocycles. The predicted molar refractivity (Wildman–Crippen MR) is 110 cm³/mol. The lowest BCUT2D eigenvalue weighted by Gasteiger charge is -2.29. The summed E-state index contributed by atoms with van der Waals surface area (Å²) >= 11 is 5.90. The van der Waals surface area contributed by atoms with E-state index in [1.807, 2.05) is 0 Å². The van der Waals surface area contributed by atoms with Crippen molar-refractivity contribution in [2.24, 2.45) is 5.73 Å². The Labute approximate surface area is 174 Å². The monoisotopic (exact) mass is 435 g/mol. The summed E-state index contributed by atoms with van der Waals surface area (Å²) in [7, 11) is -4.00. The van der Waals surface area contributed by atoms with Gasteiger partial charge in [-0.1, -0.05) is 23.7 Å². The summed E-state index contributed by atoms with van der Waals surface area (Å²) in [6.45, 7) is 0.450. The first-order valence-corrected chi connectivity index (χ1v) is 11.0. The van der Waals surface area contributed by atoms with Gasteiger partial charge in [-0.15, -0.1) is 0 Å². The average Bonchev–Trinajstić information content (AvgIpc) is 2.91. The second-order valence-corrected chi connectivity index (χ2v) is 9.20. The minimum atomic E-state index is -4.00. The van der Waals surface area contributed by atoms with Gasteiger partial charge in [0.1, 0.15) is 6.04 Å². The van der Waals surface area contributed by atoms with Gasteiger partial charge in [-0.05, 0) is 61.2 Å². The lowest BCUT2D eigenvalue weighted by molar-refractivity contribution is -0.124. The Morgan fingerprint density at radius 1 is 1.17 bits per heavy atom. The van der Waals surface area contributed by atoms with E-state index in [2.05, 4.69) is 5.32 Å². The number of rotatable bonds is 6. The Bertz CT molecular complexity index is 1010. The molecule has 1 fully saturated rings. The average molecular weight is 436 g/mol. The van der Waals surface area contributed by atoms with Crippen molar-refractivity contribution in [3.05, 3.63) is 64.7 Å². The Morgan fingerprint density at radius 2 is 1.90 bits per heavy atom. The van der Waals surface area contributed by atoms with Crippen molar-refractivity contribution in [3.63, 3.8) is 0 Å². The highest BCUT2D eigenvalue weighted by atomic mass is 35.5. The Balaban J connectivity index is 2.03. The van der Waals surface area contributed by atoms with Crippen molar-refractivity contribution in [3.8, 4) is 0 Å². The number of sulfonamides is 1. The molecule has 1 heterocycles. The van der Waals surface area contributed by atoms with Crippen molar-refractivity contribution in [2.75, 3.05) is 6.54 Å². The van der Waals surface area contributed by atoms with Crippen LogP contribution in [-0.2, 0) is 21.4 Å². The smallest absolute Gasteiger partial charge is 0.248 e. The summed E-state index contributed by atoms with van der Waals surface area (Å²) < 4.78 is 28.1. The summed E-state index contributed by atoms with van der Waals surface area (Å²) in [4.78, 5) is 24.2. The molecule has 1 unspecified atom stereocenters. The number of primary amides is 1. The van der Waals surface area contributed by atoms with E-state index in [1.54, 1.807) is 24.3 Å². The number of nitrogens with zero attached hydrogens (tertiary/aromatic N) is 1. The molecule has 2 aromatic carbocycles. The number of benzene rings is 2. The number of hydrogen-bond acceptors (Lipinski definition) is 4. The van der Waals surface area contributed by atoms with Gasteiger partial charge in [0.05, 0.1) is 4.90 Å². The maximum atomic E-state index is 13.4. The summed E-state index contributed by atoms with van der Waals surface area (Å²) in [5.41, 5.74) is 6.18. The van der Waals surface area contributed by atoms with Crippen molar-refractivity contribution >= 4 is 33.4 Å². The van der Waals surface area contributed by atoms with Crippen LogP contribution in [0.2, 0.25) is 5.02 Å². The van der Waals surface area contributed by atoms with E-state index in [9.17, 15) is 18.0 Å². The highest BCUT2D eigenvalue weighted by molar-refractivity contribution is 7.89. The van der Waals surface area contributed by atoms with Gasteiger partial charge in [0.25, 0.3) is 0 Å². The molecule has 0 bridgehead atoms. The van der Waals surface area contributed by atoms with Gasteiger partial charge in [-0.2, -0.15) is 4.31 Å². The van der Waals surface area contributed by atoms with Crippen LogP contribution in [0.15, 0.2) is 53.4 Å². The molecule has 154 valence electrons. The molecule has 0 aromatic heterocycles. The normalized spacial score (nSPS) is 17.6. The van der Waals surface area contributed by atoms with Gasteiger partial charge < -0.3 is 11.1 Å². The maximum Gasteiger partial charge on any atom is 0.248 e. The van der Waals surface area contributed by atoms with Gasteiger partial charge >= 0.3 is 0 Å². The highest BCUT2D eigenvalue weighted by Gasteiger charge is 2.36. The number of nitrogens with one attached hydrogen (secondary N) is 1. The molecule has 29 heavy (non-hydrogen) atoms. The molecular weight excluding hydrogens is 414 g/mol. The van der Waals surface area contributed by atoms with Crippen molar-refractivity contribution in [2.45, 2.75) is 36.7 Å². The highest BCUT2D eigenvalue weighted by Crippen LogP contribution is 2.26. The minimum absolute atomic E-state index is 0.0463. The fraction of sp³-hybridized carbons (Fsp3) is 0.300. The minimum Gasteiger partial charge on any atom is -0.366 e.